The molecule has 1 aromatic rings. The third-order valence-corrected chi connectivity index (χ3v) is 2.13. The molecular formula is C11H19N5O. The second kappa shape index (κ2) is 7.43. The van der Waals surface area contributed by atoms with E-state index in [9.17, 15) is 4.79 Å². The number of nitrogens with zero attached hydrogens (tertiary/aromatic N) is 2. The Morgan fingerprint density at radius 2 is 1.94 bits per heavy atom. The van der Waals surface area contributed by atoms with E-state index < -0.39 is 0 Å². The predicted molar refractivity (Wildman–Crippen MR) is 67.7 cm³/mol. The van der Waals surface area contributed by atoms with Crippen molar-refractivity contribution in [2.45, 2.75) is 26.2 Å². The van der Waals surface area contributed by atoms with Gasteiger partial charge in [0.1, 0.15) is 18.0 Å². The van der Waals surface area contributed by atoms with Gasteiger partial charge in [0.05, 0.1) is 0 Å². The molecule has 0 fully saturated rings. The van der Waals surface area contributed by atoms with Gasteiger partial charge >= 0.3 is 0 Å². The number of amides is 1. The average molecular weight is 237 g/mol. The molecule has 1 aromatic heterocycles. The van der Waals surface area contributed by atoms with Crippen LogP contribution in [0.5, 0.6) is 0 Å². The zero-order valence-corrected chi connectivity index (χ0v) is 10.1. The number of hydrogen-bond acceptors (Lipinski definition) is 5. The smallest absolute Gasteiger partial charge is 0.217 e. The van der Waals surface area contributed by atoms with E-state index in [4.69, 9.17) is 5.73 Å². The van der Waals surface area contributed by atoms with Crippen molar-refractivity contribution >= 4 is 17.5 Å². The van der Waals surface area contributed by atoms with Crippen molar-refractivity contribution in [1.29, 1.82) is 0 Å². The van der Waals surface area contributed by atoms with Crippen LogP contribution in [-0.2, 0) is 4.79 Å². The van der Waals surface area contributed by atoms with E-state index >= 15 is 0 Å². The first kappa shape index (κ1) is 13.2. The topological polar surface area (TPSA) is 92.9 Å². The van der Waals surface area contributed by atoms with Crippen molar-refractivity contribution in [3.8, 4) is 0 Å². The molecule has 1 heterocycles. The van der Waals surface area contributed by atoms with Gasteiger partial charge in [-0.1, -0.05) is 6.92 Å². The van der Waals surface area contributed by atoms with Gasteiger partial charge in [-0.3, -0.25) is 4.79 Å². The highest BCUT2D eigenvalue weighted by molar-refractivity contribution is 5.73. The summed E-state index contributed by atoms with van der Waals surface area (Å²) in [6.45, 7) is 3.66. The molecule has 17 heavy (non-hydrogen) atoms. The third kappa shape index (κ3) is 5.70. The molecule has 0 aliphatic heterocycles. The lowest BCUT2D eigenvalue weighted by molar-refractivity contribution is -0.118. The first-order chi connectivity index (χ1) is 8.22. The molecule has 1 rings (SSSR count). The molecule has 0 radical (unpaired) electrons. The van der Waals surface area contributed by atoms with Crippen LogP contribution in [0.15, 0.2) is 12.4 Å². The molecule has 0 saturated heterocycles. The van der Waals surface area contributed by atoms with Gasteiger partial charge in [-0.2, -0.15) is 0 Å². The fourth-order valence-electron chi connectivity index (χ4n) is 1.28. The molecule has 0 aliphatic rings. The summed E-state index contributed by atoms with van der Waals surface area (Å²) in [4.78, 5) is 18.7. The SMILES string of the molecule is CCCNc1cc(NCCCC(N)=O)ncn1. The summed E-state index contributed by atoms with van der Waals surface area (Å²) in [6.07, 6.45) is 3.65. The van der Waals surface area contributed by atoms with Crippen molar-refractivity contribution in [3.05, 3.63) is 12.4 Å². The van der Waals surface area contributed by atoms with Gasteiger partial charge in [0, 0.05) is 25.6 Å². The van der Waals surface area contributed by atoms with Gasteiger partial charge in [0.25, 0.3) is 0 Å². The van der Waals surface area contributed by atoms with Crippen molar-refractivity contribution in [1.82, 2.24) is 9.97 Å². The van der Waals surface area contributed by atoms with E-state index in [1.54, 1.807) is 0 Å². The van der Waals surface area contributed by atoms with E-state index in [-0.39, 0.29) is 5.91 Å². The van der Waals surface area contributed by atoms with Gasteiger partial charge in [-0.25, -0.2) is 9.97 Å². The van der Waals surface area contributed by atoms with Crippen molar-refractivity contribution in [2.75, 3.05) is 23.7 Å². The highest BCUT2D eigenvalue weighted by Crippen LogP contribution is 2.08. The Morgan fingerprint density at radius 1 is 1.29 bits per heavy atom. The third-order valence-electron chi connectivity index (χ3n) is 2.13. The maximum atomic E-state index is 10.5. The number of nitrogens with one attached hydrogen (secondary N) is 2. The Hall–Kier alpha value is -1.85. The van der Waals surface area contributed by atoms with Crippen LogP contribution in [0.1, 0.15) is 26.2 Å². The van der Waals surface area contributed by atoms with E-state index in [2.05, 4.69) is 27.5 Å². The number of nitrogens with two attached hydrogens (primary N) is 1. The first-order valence-electron chi connectivity index (χ1n) is 5.80. The van der Waals surface area contributed by atoms with Crippen LogP contribution in [-0.4, -0.2) is 29.0 Å². The molecule has 0 unspecified atom stereocenters. The summed E-state index contributed by atoms with van der Waals surface area (Å²) >= 11 is 0. The van der Waals surface area contributed by atoms with Crippen molar-refractivity contribution < 1.29 is 4.79 Å². The number of hydrogen-bond donors (Lipinski definition) is 3. The number of carbonyl (C=O) groups is 1. The number of rotatable bonds is 8. The van der Waals surface area contributed by atoms with Crippen molar-refractivity contribution in [3.63, 3.8) is 0 Å². The fourth-order valence-corrected chi connectivity index (χ4v) is 1.28. The quantitative estimate of drug-likeness (QED) is 0.586. The summed E-state index contributed by atoms with van der Waals surface area (Å²) in [5.74, 6) is 1.28. The van der Waals surface area contributed by atoms with E-state index in [0.29, 0.717) is 19.4 Å². The van der Waals surface area contributed by atoms with E-state index in [0.717, 1.165) is 24.6 Å². The number of carbonyl (C=O) groups excluding carboxylic acids is 1. The Labute approximate surface area is 101 Å². The second-order valence-corrected chi connectivity index (χ2v) is 3.71. The minimum atomic E-state index is -0.278. The lowest BCUT2D eigenvalue weighted by Gasteiger charge is -2.07. The molecule has 0 atom stereocenters. The van der Waals surface area contributed by atoms with E-state index in [1.807, 2.05) is 6.07 Å². The van der Waals surface area contributed by atoms with Crippen LogP contribution < -0.4 is 16.4 Å². The summed E-state index contributed by atoms with van der Waals surface area (Å²) in [6, 6.07) is 1.85. The molecule has 0 saturated carbocycles. The van der Waals surface area contributed by atoms with Gasteiger partial charge in [-0.05, 0) is 12.8 Å². The Bertz CT molecular complexity index is 355. The summed E-state index contributed by atoms with van der Waals surface area (Å²) in [5, 5.41) is 6.30. The minimum Gasteiger partial charge on any atom is -0.370 e. The molecule has 0 spiro atoms. The van der Waals surface area contributed by atoms with Crippen molar-refractivity contribution in [2.24, 2.45) is 5.73 Å². The summed E-state index contributed by atoms with van der Waals surface area (Å²) in [7, 11) is 0. The number of anilines is 2. The van der Waals surface area contributed by atoms with Gasteiger partial charge in [0.15, 0.2) is 0 Å². The minimum absolute atomic E-state index is 0.278. The van der Waals surface area contributed by atoms with Gasteiger partial charge in [-0.15, -0.1) is 0 Å². The highest BCUT2D eigenvalue weighted by Gasteiger charge is 1.98. The fraction of sp³-hybridized carbons (Fsp3) is 0.545. The lowest BCUT2D eigenvalue weighted by atomic mass is 10.3. The maximum Gasteiger partial charge on any atom is 0.217 e. The number of primary amides is 1. The zero-order chi connectivity index (χ0) is 12.5. The Balaban J connectivity index is 2.34. The molecule has 0 aliphatic carbocycles. The zero-order valence-electron chi connectivity index (χ0n) is 10.1. The van der Waals surface area contributed by atoms with Crippen LogP contribution in [0.25, 0.3) is 0 Å². The largest absolute Gasteiger partial charge is 0.370 e. The second-order valence-electron chi connectivity index (χ2n) is 3.71. The normalized spacial score (nSPS) is 9.94. The van der Waals surface area contributed by atoms with Crippen LogP contribution in [0.4, 0.5) is 11.6 Å². The summed E-state index contributed by atoms with van der Waals surface area (Å²) < 4.78 is 0. The van der Waals surface area contributed by atoms with Gasteiger partial charge < -0.3 is 16.4 Å². The predicted octanol–water partition coefficient (Wildman–Crippen LogP) is 0.976. The molecule has 4 N–H and O–H groups in total. The first-order valence-corrected chi connectivity index (χ1v) is 5.80. The summed E-state index contributed by atoms with van der Waals surface area (Å²) in [5.41, 5.74) is 5.05. The van der Waals surface area contributed by atoms with Crippen LogP contribution >= 0.6 is 0 Å². The van der Waals surface area contributed by atoms with E-state index in [1.165, 1.54) is 6.33 Å². The monoisotopic (exact) mass is 237 g/mol. The van der Waals surface area contributed by atoms with Crippen LogP contribution in [0.3, 0.4) is 0 Å². The molecule has 94 valence electrons. The number of aromatic nitrogens is 2. The molecule has 0 aromatic carbocycles. The van der Waals surface area contributed by atoms with Gasteiger partial charge in [0.2, 0.25) is 5.91 Å². The van der Waals surface area contributed by atoms with Crippen LogP contribution in [0, 0.1) is 0 Å². The molecule has 1 amide bonds. The maximum absolute atomic E-state index is 10.5. The Morgan fingerprint density at radius 3 is 2.53 bits per heavy atom. The molecule has 6 nitrogen and oxygen atoms in total. The van der Waals surface area contributed by atoms with Crippen LogP contribution in [0.2, 0.25) is 0 Å². The Kier molecular flexibility index (Phi) is 5.77. The molecule has 6 heteroatoms. The molecule has 0 bridgehead atoms. The standard InChI is InChI=1S/C11H19N5O/c1-2-5-13-10-7-11(16-8-15-10)14-6-3-4-9(12)17/h7-8H,2-6H2,1H3,(H2,12,17)(H2,13,14,15,16). The lowest BCUT2D eigenvalue weighted by Crippen LogP contribution is -2.13. The highest BCUT2D eigenvalue weighted by atomic mass is 16.1. The molecular weight excluding hydrogens is 218 g/mol. The average Bonchev–Trinajstić information content (AvgIpc) is 2.32.